The third kappa shape index (κ3) is 6.76. The molecule has 1 aliphatic rings. The molecular formula is C34H33IN2O6S. The van der Waals surface area contributed by atoms with Crippen molar-refractivity contribution in [3.8, 4) is 17.2 Å². The molecule has 0 unspecified atom stereocenters. The monoisotopic (exact) mass is 724 g/mol. The van der Waals surface area contributed by atoms with Gasteiger partial charge < -0.3 is 18.9 Å². The molecule has 0 saturated heterocycles. The van der Waals surface area contributed by atoms with Gasteiger partial charge in [0.1, 0.15) is 12.4 Å². The normalized spacial score (nSPS) is 14.7. The predicted octanol–water partition coefficient (Wildman–Crippen LogP) is 5.78. The minimum Gasteiger partial charge on any atom is -0.493 e. The Morgan fingerprint density at radius 3 is 2.50 bits per heavy atom. The van der Waals surface area contributed by atoms with E-state index in [-0.39, 0.29) is 18.3 Å². The maximum absolute atomic E-state index is 14.0. The molecule has 0 N–H and O–H groups in total. The zero-order chi connectivity index (χ0) is 31.4. The summed E-state index contributed by atoms with van der Waals surface area (Å²) in [5.74, 6) is 1.32. The number of hydrogen-bond acceptors (Lipinski definition) is 8. The number of aromatic nitrogens is 1. The SMILES string of the molecule is CCOC(=O)C1=C(C)N=c2s/c(=C\c3ccc(OCc4ccccc4)c(I)c3)c(=O)n2[C@H]1c1ccc(OC(C)C)c(OC)c1. The quantitative estimate of drug-likeness (QED) is 0.152. The zero-order valence-electron chi connectivity index (χ0n) is 25.1. The van der Waals surface area contributed by atoms with Crippen LogP contribution < -0.4 is 29.1 Å². The number of hydrogen-bond donors (Lipinski definition) is 0. The number of fused-ring (bicyclic) bond motifs is 1. The van der Waals surface area contributed by atoms with Gasteiger partial charge in [-0.2, -0.15) is 0 Å². The zero-order valence-corrected chi connectivity index (χ0v) is 28.1. The van der Waals surface area contributed by atoms with Crippen LogP contribution in [0, 0.1) is 3.57 Å². The van der Waals surface area contributed by atoms with Gasteiger partial charge in [-0.25, -0.2) is 9.79 Å². The molecule has 1 atom stereocenters. The molecule has 5 rings (SSSR count). The summed E-state index contributed by atoms with van der Waals surface area (Å²) in [5, 5.41) is 0. The highest BCUT2D eigenvalue weighted by molar-refractivity contribution is 14.1. The Labute approximate surface area is 273 Å². The van der Waals surface area contributed by atoms with Gasteiger partial charge in [-0.3, -0.25) is 9.36 Å². The molecule has 1 aliphatic heterocycles. The lowest BCUT2D eigenvalue weighted by atomic mass is 9.95. The second kappa shape index (κ2) is 13.8. The highest BCUT2D eigenvalue weighted by Gasteiger charge is 2.34. The van der Waals surface area contributed by atoms with E-state index in [1.165, 1.54) is 11.3 Å². The molecule has 0 saturated carbocycles. The summed E-state index contributed by atoms with van der Waals surface area (Å²) in [6.07, 6.45) is 1.78. The Hall–Kier alpha value is -3.90. The molecule has 2 heterocycles. The lowest BCUT2D eigenvalue weighted by molar-refractivity contribution is -0.139. The summed E-state index contributed by atoms with van der Waals surface area (Å²) in [6.45, 7) is 8.04. The van der Waals surface area contributed by atoms with E-state index in [9.17, 15) is 9.59 Å². The molecule has 0 radical (unpaired) electrons. The van der Waals surface area contributed by atoms with Crippen LogP contribution in [-0.2, 0) is 16.1 Å². The molecule has 0 bridgehead atoms. The molecule has 4 aromatic rings. The average molecular weight is 725 g/mol. The Morgan fingerprint density at radius 2 is 1.82 bits per heavy atom. The lowest BCUT2D eigenvalue weighted by Gasteiger charge is -2.25. The Morgan fingerprint density at radius 1 is 1.07 bits per heavy atom. The van der Waals surface area contributed by atoms with E-state index in [1.807, 2.05) is 74.5 Å². The van der Waals surface area contributed by atoms with Crippen molar-refractivity contribution in [2.75, 3.05) is 13.7 Å². The number of benzene rings is 3. The smallest absolute Gasteiger partial charge is 0.338 e. The van der Waals surface area contributed by atoms with E-state index in [0.29, 0.717) is 44.3 Å². The number of allylic oxidation sites excluding steroid dienone is 1. The van der Waals surface area contributed by atoms with Crippen molar-refractivity contribution < 1.29 is 23.7 Å². The number of rotatable bonds is 10. The van der Waals surface area contributed by atoms with Gasteiger partial charge in [0, 0.05) is 0 Å². The van der Waals surface area contributed by atoms with E-state index in [0.717, 1.165) is 20.4 Å². The number of carbonyl (C=O) groups is 1. The molecule has 8 nitrogen and oxygen atoms in total. The summed E-state index contributed by atoms with van der Waals surface area (Å²) >= 11 is 3.52. The molecule has 0 aliphatic carbocycles. The molecular weight excluding hydrogens is 691 g/mol. The topological polar surface area (TPSA) is 88.4 Å². The first-order chi connectivity index (χ1) is 21.2. The fourth-order valence-corrected chi connectivity index (χ4v) is 6.66. The Bertz CT molecular complexity index is 1890. The van der Waals surface area contributed by atoms with Crippen molar-refractivity contribution in [2.45, 2.75) is 46.4 Å². The van der Waals surface area contributed by atoms with Crippen molar-refractivity contribution in [3.05, 3.63) is 118 Å². The minimum atomic E-state index is -0.761. The molecule has 0 fully saturated rings. The number of ether oxygens (including phenoxy) is 4. The van der Waals surface area contributed by atoms with Gasteiger partial charge >= 0.3 is 5.97 Å². The first-order valence-corrected chi connectivity index (χ1v) is 16.1. The highest BCUT2D eigenvalue weighted by atomic mass is 127. The second-order valence-electron chi connectivity index (χ2n) is 10.3. The number of halogens is 1. The fraction of sp³-hybridized carbons (Fsp3) is 0.265. The number of esters is 1. The van der Waals surface area contributed by atoms with Crippen LogP contribution >= 0.6 is 33.9 Å². The molecule has 44 heavy (non-hydrogen) atoms. The van der Waals surface area contributed by atoms with E-state index >= 15 is 0 Å². The second-order valence-corrected chi connectivity index (χ2v) is 12.5. The van der Waals surface area contributed by atoms with Crippen LogP contribution in [0.25, 0.3) is 6.08 Å². The van der Waals surface area contributed by atoms with Crippen LogP contribution in [0.3, 0.4) is 0 Å². The van der Waals surface area contributed by atoms with E-state index in [4.69, 9.17) is 18.9 Å². The molecule has 228 valence electrons. The largest absolute Gasteiger partial charge is 0.493 e. The summed E-state index contributed by atoms with van der Waals surface area (Å²) < 4.78 is 26.0. The van der Waals surface area contributed by atoms with Crippen molar-refractivity contribution in [1.82, 2.24) is 4.57 Å². The van der Waals surface area contributed by atoms with Gasteiger partial charge in [0.15, 0.2) is 16.3 Å². The van der Waals surface area contributed by atoms with Gasteiger partial charge in [-0.1, -0.05) is 53.8 Å². The number of carbonyl (C=O) groups excluding carboxylic acids is 1. The molecule has 10 heteroatoms. The van der Waals surface area contributed by atoms with Gasteiger partial charge in [-0.15, -0.1) is 0 Å². The molecule has 3 aromatic carbocycles. The van der Waals surface area contributed by atoms with Gasteiger partial charge in [0.05, 0.1) is 45.2 Å². The van der Waals surface area contributed by atoms with Crippen LogP contribution in [0.5, 0.6) is 17.2 Å². The van der Waals surface area contributed by atoms with Crippen LogP contribution in [0.4, 0.5) is 0 Å². The van der Waals surface area contributed by atoms with Gasteiger partial charge in [-0.05, 0) is 97.3 Å². The number of nitrogens with zero attached hydrogens (tertiary/aromatic N) is 2. The third-order valence-corrected chi connectivity index (χ3v) is 8.70. The van der Waals surface area contributed by atoms with Gasteiger partial charge in [0.25, 0.3) is 5.56 Å². The molecule has 0 amide bonds. The van der Waals surface area contributed by atoms with E-state index in [1.54, 1.807) is 37.7 Å². The predicted molar refractivity (Wildman–Crippen MR) is 179 cm³/mol. The third-order valence-electron chi connectivity index (χ3n) is 6.87. The van der Waals surface area contributed by atoms with Crippen LogP contribution in [0.1, 0.15) is 50.4 Å². The molecule has 1 aromatic heterocycles. The van der Waals surface area contributed by atoms with Crippen molar-refractivity contribution in [3.63, 3.8) is 0 Å². The van der Waals surface area contributed by atoms with Crippen LogP contribution in [0.15, 0.2) is 87.8 Å². The summed E-state index contributed by atoms with van der Waals surface area (Å²) in [4.78, 5) is 32.5. The van der Waals surface area contributed by atoms with E-state index < -0.39 is 12.0 Å². The van der Waals surface area contributed by atoms with Gasteiger partial charge in [0.2, 0.25) is 0 Å². The van der Waals surface area contributed by atoms with Crippen LogP contribution in [0.2, 0.25) is 0 Å². The summed E-state index contributed by atoms with van der Waals surface area (Å²) in [6, 6.07) is 20.5. The van der Waals surface area contributed by atoms with Crippen molar-refractivity contribution in [2.24, 2.45) is 4.99 Å². The van der Waals surface area contributed by atoms with Crippen molar-refractivity contribution >= 4 is 46.0 Å². The summed E-state index contributed by atoms with van der Waals surface area (Å²) in [5.41, 5.74) is 3.16. The minimum absolute atomic E-state index is 0.0581. The summed E-state index contributed by atoms with van der Waals surface area (Å²) in [7, 11) is 1.56. The molecule has 0 spiro atoms. The number of methoxy groups -OCH3 is 1. The highest BCUT2D eigenvalue weighted by Crippen LogP contribution is 2.36. The van der Waals surface area contributed by atoms with Crippen LogP contribution in [-0.4, -0.2) is 30.4 Å². The fourth-order valence-electron chi connectivity index (χ4n) is 4.92. The maximum atomic E-state index is 14.0. The first-order valence-electron chi connectivity index (χ1n) is 14.2. The van der Waals surface area contributed by atoms with E-state index in [2.05, 4.69) is 27.6 Å². The Balaban J connectivity index is 1.56. The average Bonchev–Trinajstić information content (AvgIpc) is 3.30. The lowest BCUT2D eigenvalue weighted by Crippen LogP contribution is -2.40. The maximum Gasteiger partial charge on any atom is 0.338 e. The first kappa shape index (κ1) is 31.5. The Kier molecular flexibility index (Phi) is 9.90. The van der Waals surface area contributed by atoms with Crippen molar-refractivity contribution in [1.29, 1.82) is 0 Å². The standard InChI is InChI=1S/C34H33IN2O6S/c1-6-41-33(39)30-21(4)36-34-37(31(30)24-13-15-27(43-20(2)3)28(18-24)40-5)32(38)29(44-34)17-23-12-14-26(25(35)16-23)42-19-22-10-8-7-9-11-22/h7-18,20,31H,6,19H2,1-5H3/b29-17-/t31-/m0/s1. The number of thiazole rings is 1.